The van der Waals surface area contributed by atoms with Gasteiger partial charge in [-0.05, 0) is 61.8 Å². The molecule has 290 valence electrons. The first-order valence-electron chi connectivity index (χ1n) is 20.7. The standard InChI is InChI=1S/C40H84N2O4S2/c1-5-9-11-13-15-17-19-21-23-31-47-33-25-29-45-37-39(43)35-42(28-27-41(7-3)8-4)36-40(44)38-46-30-26-34-48-32-24-22-20-18-16-14-12-10-6-2/h39-40,43-44H,5-38H2,1-4H3. The van der Waals surface area contributed by atoms with Crippen molar-refractivity contribution < 1.29 is 19.7 Å². The van der Waals surface area contributed by atoms with Gasteiger partial charge >= 0.3 is 0 Å². The van der Waals surface area contributed by atoms with E-state index >= 15 is 0 Å². The van der Waals surface area contributed by atoms with Crippen LogP contribution in [0.2, 0.25) is 0 Å². The van der Waals surface area contributed by atoms with Gasteiger partial charge in [-0.3, -0.25) is 4.90 Å². The highest BCUT2D eigenvalue weighted by molar-refractivity contribution is 7.99. The van der Waals surface area contributed by atoms with Crippen LogP contribution in [-0.4, -0.2) is 121 Å². The number of hydrogen-bond donors (Lipinski definition) is 2. The molecule has 2 atom stereocenters. The summed E-state index contributed by atoms with van der Waals surface area (Å²) in [5.74, 6) is 4.77. The molecule has 0 fully saturated rings. The summed E-state index contributed by atoms with van der Waals surface area (Å²) in [6.07, 6.45) is 25.9. The van der Waals surface area contributed by atoms with E-state index in [1.807, 2.05) is 23.5 Å². The smallest absolute Gasteiger partial charge is 0.0900 e. The molecule has 0 rings (SSSR count). The minimum absolute atomic E-state index is 0.355. The fourth-order valence-electron chi connectivity index (χ4n) is 5.98. The molecule has 0 saturated carbocycles. The molecular weight excluding hydrogens is 637 g/mol. The zero-order valence-corrected chi connectivity index (χ0v) is 34.3. The number of hydrogen-bond acceptors (Lipinski definition) is 8. The third-order valence-corrected chi connectivity index (χ3v) is 11.4. The normalized spacial score (nSPS) is 13.2. The molecule has 0 aliphatic carbocycles. The molecule has 0 amide bonds. The van der Waals surface area contributed by atoms with Crippen LogP contribution in [0.4, 0.5) is 0 Å². The van der Waals surface area contributed by atoms with Gasteiger partial charge in [0.15, 0.2) is 0 Å². The van der Waals surface area contributed by atoms with Crippen molar-refractivity contribution >= 4 is 23.5 Å². The fourth-order valence-corrected chi connectivity index (χ4v) is 7.85. The van der Waals surface area contributed by atoms with E-state index in [-0.39, 0.29) is 0 Å². The van der Waals surface area contributed by atoms with Crippen LogP contribution >= 0.6 is 23.5 Å². The second kappa shape index (κ2) is 40.2. The Bertz CT molecular complexity index is 562. The number of unbranched alkanes of at least 4 members (excludes halogenated alkanes) is 16. The van der Waals surface area contributed by atoms with Crippen molar-refractivity contribution in [2.24, 2.45) is 0 Å². The monoisotopic (exact) mass is 721 g/mol. The maximum atomic E-state index is 10.7. The summed E-state index contributed by atoms with van der Waals surface area (Å²) in [6, 6.07) is 0. The Morgan fingerprint density at radius 3 is 1.15 bits per heavy atom. The van der Waals surface area contributed by atoms with Gasteiger partial charge < -0.3 is 24.6 Å². The van der Waals surface area contributed by atoms with E-state index in [2.05, 4.69) is 37.5 Å². The third kappa shape index (κ3) is 36.3. The largest absolute Gasteiger partial charge is 0.389 e. The fraction of sp³-hybridized carbons (Fsp3) is 1.00. The molecule has 0 aromatic heterocycles. The molecule has 8 heteroatoms. The van der Waals surface area contributed by atoms with Gasteiger partial charge in [0.25, 0.3) is 0 Å². The quantitative estimate of drug-likeness (QED) is 0.0606. The molecular formula is C40H84N2O4S2. The molecule has 2 unspecified atom stereocenters. The molecule has 0 spiro atoms. The van der Waals surface area contributed by atoms with Crippen LogP contribution in [0.25, 0.3) is 0 Å². The lowest BCUT2D eigenvalue weighted by Crippen LogP contribution is -2.44. The molecule has 0 saturated heterocycles. The number of nitrogens with zero attached hydrogens (tertiary/aromatic N) is 2. The van der Waals surface area contributed by atoms with Gasteiger partial charge in [0, 0.05) is 39.4 Å². The van der Waals surface area contributed by atoms with Gasteiger partial charge in [-0.15, -0.1) is 0 Å². The van der Waals surface area contributed by atoms with E-state index < -0.39 is 12.2 Å². The number of aliphatic hydroxyl groups is 2. The van der Waals surface area contributed by atoms with Crippen molar-refractivity contribution in [3.05, 3.63) is 0 Å². The summed E-state index contributed by atoms with van der Waals surface area (Å²) < 4.78 is 11.7. The van der Waals surface area contributed by atoms with Gasteiger partial charge in [-0.25, -0.2) is 0 Å². The predicted octanol–water partition coefficient (Wildman–Crippen LogP) is 9.69. The first kappa shape index (κ1) is 48.5. The highest BCUT2D eigenvalue weighted by atomic mass is 32.2. The van der Waals surface area contributed by atoms with Crippen molar-refractivity contribution in [2.45, 2.75) is 168 Å². The summed E-state index contributed by atoms with van der Waals surface area (Å²) in [5, 5.41) is 21.5. The van der Waals surface area contributed by atoms with Crippen LogP contribution < -0.4 is 0 Å². The Morgan fingerprint density at radius 2 is 0.771 bits per heavy atom. The minimum atomic E-state index is -0.549. The predicted molar refractivity (Wildman–Crippen MR) is 216 cm³/mol. The maximum absolute atomic E-state index is 10.7. The molecule has 0 aromatic carbocycles. The van der Waals surface area contributed by atoms with E-state index in [4.69, 9.17) is 9.47 Å². The Morgan fingerprint density at radius 1 is 0.438 bits per heavy atom. The lowest BCUT2D eigenvalue weighted by Gasteiger charge is -2.29. The van der Waals surface area contributed by atoms with E-state index in [0.29, 0.717) is 39.5 Å². The molecule has 48 heavy (non-hydrogen) atoms. The number of rotatable bonds is 41. The first-order chi connectivity index (χ1) is 23.6. The van der Waals surface area contributed by atoms with E-state index in [1.165, 1.54) is 127 Å². The molecule has 0 bridgehead atoms. The highest BCUT2D eigenvalue weighted by Gasteiger charge is 2.17. The molecule has 0 heterocycles. The van der Waals surface area contributed by atoms with Crippen LogP contribution in [0.15, 0.2) is 0 Å². The Labute approximate surface area is 309 Å². The van der Waals surface area contributed by atoms with Gasteiger partial charge in [-0.1, -0.05) is 130 Å². The van der Waals surface area contributed by atoms with Gasteiger partial charge in [-0.2, -0.15) is 23.5 Å². The lowest BCUT2D eigenvalue weighted by molar-refractivity contribution is -0.0113. The Balaban J connectivity index is 3.96. The average Bonchev–Trinajstić information content (AvgIpc) is 3.08. The van der Waals surface area contributed by atoms with Gasteiger partial charge in [0.05, 0.1) is 25.4 Å². The van der Waals surface area contributed by atoms with E-state index in [0.717, 1.165) is 50.5 Å². The molecule has 0 aliphatic heterocycles. The van der Waals surface area contributed by atoms with Crippen LogP contribution in [0.3, 0.4) is 0 Å². The second-order valence-electron chi connectivity index (χ2n) is 13.8. The summed E-state index contributed by atoms with van der Waals surface area (Å²) in [6.45, 7) is 15.8. The van der Waals surface area contributed by atoms with Crippen LogP contribution in [-0.2, 0) is 9.47 Å². The minimum Gasteiger partial charge on any atom is -0.389 e. The van der Waals surface area contributed by atoms with E-state index in [9.17, 15) is 10.2 Å². The summed E-state index contributed by atoms with van der Waals surface area (Å²) >= 11 is 4.08. The topological polar surface area (TPSA) is 65.4 Å². The van der Waals surface area contributed by atoms with E-state index in [1.54, 1.807) is 0 Å². The second-order valence-corrected chi connectivity index (χ2v) is 16.3. The van der Waals surface area contributed by atoms with Crippen LogP contribution in [0, 0.1) is 0 Å². The van der Waals surface area contributed by atoms with Crippen molar-refractivity contribution in [3.8, 4) is 0 Å². The molecule has 2 N–H and O–H groups in total. The number of likely N-dealkylation sites (N-methyl/N-ethyl adjacent to an activating group) is 1. The van der Waals surface area contributed by atoms with Gasteiger partial charge in [0.1, 0.15) is 0 Å². The Hall–Kier alpha value is 0.460. The van der Waals surface area contributed by atoms with Crippen LogP contribution in [0.1, 0.15) is 156 Å². The van der Waals surface area contributed by atoms with Crippen molar-refractivity contribution in [1.82, 2.24) is 9.80 Å². The third-order valence-electron chi connectivity index (χ3n) is 9.12. The number of aliphatic hydroxyl groups excluding tert-OH is 2. The molecule has 0 aromatic rings. The van der Waals surface area contributed by atoms with Crippen molar-refractivity contribution in [3.63, 3.8) is 0 Å². The summed E-state index contributed by atoms with van der Waals surface area (Å²) in [4.78, 5) is 4.57. The number of ether oxygens (including phenoxy) is 2. The van der Waals surface area contributed by atoms with Crippen molar-refractivity contribution in [2.75, 3.05) is 88.7 Å². The SMILES string of the molecule is CCCCCCCCCCCSCCCOCC(O)CN(CCN(CC)CC)CC(O)COCCCSCCCCCCCCCCC. The summed E-state index contributed by atoms with van der Waals surface area (Å²) in [5.41, 5.74) is 0. The summed E-state index contributed by atoms with van der Waals surface area (Å²) in [7, 11) is 0. The zero-order chi connectivity index (χ0) is 35.2. The first-order valence-corrected chi connectivity index (χ1v) is 23.0. The lowest BCUT2D eigenvalue weighted by atomic mass is 10.1. The van der Waals surface area contributed by atoms with Gasteiger partial charge in [0.2, 0.25) is 0 Å². The average molecular weight is 721 g/mol. The number of thioether (sulfide) groups is 2. The molecule has 0 radical (unpaired) electrons. The highest BCUT2D eigenvalue weighted by Crippen LogP contribution is 2.14. The van der Waals surface area contributed by atoms with Crippen molar-refractivity contribution in [1.29, 1.82) is 0 Å². The zero-order valence-electron chi connectivity index (χ0n) is 32.6. The molecule has 0 aliphatic rings. The maximum Gasteiger partial charge on any atom is 0.0900 e. The van der Waals surface area contributed by atoms with Crippen LogP contribution in [0.5, 0.6) is 0 Å². The Kier molecular flexibility index (Phi) is 40.6. The molecule has 6 nitrogen and oxygen atoms in total.